The van der Waals surface area contributed by atoms with Crippen LogP contribution in [0.5, 0.6) is 0 Å². The van der Waals surface area contributed by atoms with E-state index in [0.717, 1.165) is 18.6 Å². The lowest BCUT2D eigenvalue weighted by Crippen LogP contribution is -2.27. The number of rotatable bonds is 1. The largest absolute Gasteiger partial charge is 0.350 e. The number of urea groups is 1. The van der Waals surface area contributed by atoms with Gasteiger partial charge in [0, 0.05) is 17.0 Å². The minimum absolute atomic E-state index is 0.216. The summed E-state index contributed by atoms with van der Waals surface area (Å²) in [6.07, 6.45) is 3.20. The number of carbonyl (C=O) groups is 1. The van der Waals surface area contributed by atoms with E-state index in [9.17, 15) is 4.79 Å². The van der Waals surface area contributed by atoms with E-state index < -0.39 is 6.03 Å². The highest BCUT2D eigenvalue weighted by atomic mass is 35.5. The van der Waals surface area contributed by atoms with E-state index in [1.54, 1.807) is 0 Å². The van der Waals surface area contributed by atoms with Crippen LogP contribution in [0.1, 0.15) is 19.3 Å². The Morgan fingerprint density at radius 3 is 2.85 bits per heavy atom. The van der Waals surface area contributed by atoms with Crippen LogP contribution in [-0.4, -0.2) is 17.1 Å². The first kappa shape index (κ1) is 8.81. The monoisotopic (exact) mass is 201 g/mol. The van der Waals surface area contributed by atoms with Crippen LogP contribution in [0.4, 0.5) is 4.79 Å². The van der Waals surface area contributed by atoms with Gasteiger partial charge < -0.3 is 5.73 Å². The lowest BCUT2D eigenvalue weighted by atomic mass is 9.99. The smallest absolute Gasteiger partial charge is 0.332 e. The summed E-state index contributed by atoms with van der Waals surface area (Å²) < 4.78 is 0. The molecule has 2 aliphatic carbocycles. The number of nitrogens with zero attached hydrogens (tertiary/aromatic N) is 1. The van der Waals surface area contributed by atoms with Crippen LogP contribution in [0.2, 0.25) is 0 Å². The maximum atomic E-state index is 10.4. The molecule has 2 saturated carbocycles. The standard InChI is InChI=1S/C8H12ClN3O/c9-7-4-1-2-5(7)6(3-4)11-12-8(10)13/h4-5,7H,1-3H2,(H3,10,12,13)/b11-6+/t4-,5-,7+/m0/s1. The van der Waals surface area contributed by atoms with Gasteiger partial charge in [0.05, 0.1) is 0 Å². The second-order valence-electron chi connectivity index (χ2n) is 3.67. The summed E-state index contributed by atoms with van der Waals surface area (Å²) in [5.41, 5.74) is 8.18. The highest BCUT2D eigenvalue weighted by Gasteiger charge is 2.45. The minimum Gasteiger partial charge on any atom is -0.350 e. The number of fused-ring (bicyclic) bond motifs is 2. The van der Waals surface area contributed by atoms with Gasteiger partial charge in [0.25, 0.3) is 0 Å². The van der Waals surface area contributed by atoms with Gasteiger partial charge in [0.2, 0.25) is 0 Å². The van der Waals surface area contributed by atoms with Crippen molar-refractivity contribution in [1.29, 1.82) is 0 Å². The highest BCUT2D eigenvalue weighted by Crippen LogP contribution is 2.45. The SMILES string of the molecule is NC(=O)N/N=C1\C[C@@H]2CC[C@@H]1[C@@H]2Cl. The van der Waals surface area contributed by atoms with Crippen LogP contribution in [0, 0.1) is 11.8 Å². The number of nitrogens with two attached hydrogens (primary N) is 1. The number of amides is 2. The number of halogens is 1. The fourth-order valence-corrected chi connectivity index (χ4v) is 2.77. The number of primary amides is 1. The van der Waals surface area contributed by atoms with Gasteiger partial charge in [-0.05, 0) is 25.2 Å². The minimum atomic E-state index is -0.610. The van der Waals surface area contributed by atoms with Crippen molar-refractivity contribution in [3.8, 4) is 0 Å². The molecule has 5 heteroatoms. The zero-order valence-corrected chi connectivity index (χ0v) is 7.92. The second-order valence-corrected chi connectivity index (χ2v) is 4.18. The topological polar surface area (TPSA) is 67.5 Å². The van der Waals surface area contributed by atoms with Crippen molar-refractivity contribution < 1.29 is 4.79 Å². The van der Waals surface area contributed by atoms with Crippen molar-refractivity contribution >= 4 is 23.3 Å². The number of hydrogen-bond acceptors (Lipinski definition) is 2. The molecule has 0 aromatic carbocycles. The van der Waals surface area contributed by atoms with Crippen LogP contribution in [0.3, 0.4) is 0 Å². The molecular weight excluding hydrogens is 190 g/mol. The molecular formula is C8H12ClN3O. The second kappa shape index (κ2) is 3.18. The molecule has 2 rings (SSSR count). The molecule has 2 aliphatic rings. The Bertz CT molecular complexity index is 266. The Hall–Kier alpha value is -0.770. The third-order valence-corrected chi connectivity index (χ3v) is 3.55. The summed E-state index contributed by atoms with van der Waals surface area (Å²) in [5.74, 6) is 0.915. The maximum Gasteiger partial charge on any atom is 0.332 e. The van der Waals surface area contributed by atoms with Crippen molar-refractivity contribution in [2.45, 2.75) is 24.6 Å². The summed E-state index contributed by atoms with van der Waals surface area (Å²) in [5, 5.41) is 4.18. The molecule has 3 atom stereocenters. The molecule has 4 nitrogen and oxygen atoms in total. The van der Waals surface area contributed by atoms with Crippen LogP contribution >= 0.6 is 11.6 Å². The van der Waals surface area contributed by atoms with Crippen LogP contribution in [0.25, 0.3) is 0 Å². The van der Waals surface area contributed by atoms with E-state index in [1.165, 1.54) is 6.42 Å². The molecule has 2 amide bonds. The van der Waals surface area contributed by atoms with E-state index in [1.807, 2.05) is 0 Å². The van der Waals surface area contributed by atoms with Crippen LogP contribution < -0.4 is 11.2 Å². The van der Waals surface area contributed by atoms with Gasteiger partial charge in [-0.25, -0.2) is 10.2 Å². The van der Waals surface area contributed by atoms with Gasteiger partial charge in [0.1, 0.15) is 0 Å². The van der Waals surface area contributed by atoms with E-state index in [4.69, 9.17) is 17.3 Å². The third-order valence-electron chi connectivity index (χ3n) is 2.89. The Morgan fingerprint density at radius 2 is 2.38 bits per heavy atom. The van der Waals surface area contributed by atoms with E-state index in [0.29, 0.717) is 11.8 Å². The number of hydrogen-bond donors (Lipinski definition) is 2. The van der Waals surface area contributed by atoms with Gasteiger partial charge in [0.15, 0.2) is 0 Å². The first-order chi connectivity index (χ1) is 6.18. The van der Waals surface area contributed by atoms with E-state index >= 15 is 0 Å². The van der Waals surface area contributed by atoms with Gasteiger partial charge in [-0.1, -0.05) is 0 Å². The highest BCUT2D eigenvalue weighted by molar-refractivity contribution is 6.24. The molecule has 72 valence electrons. The lowest BCUT2D eigenvalue weighted by molar-refractivity contribution is 0.249. The number of hydrazone groups is 1. The van der Waals surface area contributed by atoms with Gasteiger partial charge in [-0.2, -0.15) is 5.10 Å². The summed E-state index contributed by atoms with van der Waals surface area (Å²) in [6, 6.07) is -0.610. The van der Waals surface area contributed by atoms with Gasteiger partial charge >= 0.3 is 6.03 Å². The van der Waals surface area contributed by atoms with Crippen molar-refractivity contribution in [1.82, 2.24) is 5.43 Å². The molecule has 2 fully saturated rings. The number of carbonyl (C=O) groups excluding carboxylic acids is 1. The molecule has 0 aromatic heterocycles. The van der Waals surface area contributed by atoms with Crippen molar-refractivity contribution in [3.05, 3.63) is 0 Å². The summed E-state index contributed by atoms with van der Waals surface area (Å²) >= 11 is 6.16. The van der Waals surface area contributed by atoms with Crippen molar-refractivity contribution in [3.63, 3.8) is 0 Å². The van der Waals surface area contributed by atoms with E-state index in [-0.39, 0.29) is 5.38 Å². The Balaban J connectivity index is 2.04. The Morgan fingerprint density at radius 1 is 1.62 bits per heavy atom. The molecule has 13 heavy (non-hydrogen) atoms. The summed E-state index contributed by atoms with van der Waals surface area (Å²) in [4.78, 5) is 10.4. The summed E-state index contributed by atoms with van der Waals surface area (Å²) in [7, 11) is 0. The molecule has 0 spiro atoms. The summed E-state index contributed by atoms with van der Waals surface area (Å²) in [6.45, 7) is 0. The molecule has 2 bridgehead atoms. The Labute approximate surface area is 81.5 Å². The number of nitrogens with one attached hydrogen (secondary N) is 1. The number of alkyl halides is 1. The molecule has 0 aromatic rings. The Kier molecular flexibility index (Phi) is 2.15. The van der Waals surface area contributed by atoms with Crippen molar-refractivity contribution in [2.24, 2.45) is 22.7 Å². The molecule has 0 heterocycles. The molecule has 0 unspecified atom stereocenters. The first-order valence-corrected chi connectivity index (χ1v) is 4.88. The fourth-order valence-electron chi connectivity index (χ4n) is 2.28. The van der Waals surface area contributed by atoms with E-state index in [2.05, 4.69) is 10.5 Å². The predicted octanol–water partition coefficient (Wildman–Crippen LogP) is 1.05. The molecule has 0 radical (unpaired) electrons. The quantitative estimate of drug-likeness (QED) is 0.483. The average Bonchev–Trinajstić information content (AvgIpc) is 2.58. The first-order valence-electron chi connectivity index (χ1n) is 4.44. The van der Waals surface area contributed by atoms with Crippen LogP contribution in [0.15, 0.2) is 5.10 Å². The van der Waals surface area contributed by atoms with Crippen molar-refractivity contribution in [2.75, 3.05) is 0 Å². The third kappa shape index (κ3) is 1.50. The fraction of sp³-hybridized carbons (Fsp3) is 0.750. The molecule has 0 saturated heterocycles. The normalized spacial score (nSPS) is 39.8. The maximum absolute atomic E-state index is 10.4. The van der Waals surface area contributed by atoms with Crippen LogP contribution in [-0.2, 0) is 0 Å². The lowest BCUT2D eigenvalue weighted by Gasteiger charge is -2.10. The van der Waals surface area contributed by atoms with Gasteiger partial charge in [-0.3, -0.25) is 0 Å². The van der Waals surface area contributed by atoms with Gasteiger partial charge in [-0.15, -0.1) is 11.6 Å². The zero-order valence-electron chi connectivity index (χ0n) is 7.16. The molecule has 0 aliphatic heterocycles. The predicted molar refractivity (Wildman–Crippen MR) is 50.6 cm³/mol. The zero-order chi connectivity index (χ0) is 9.42. The molecule has 3 N–H and O–H groups in total. The average molecular weight is 202 g/mol.